The summed E-state index contributed by atoms with van der Waals surface area (Å²) in [5.74, 6) is -0.162. The summed E-state index contributed by atoms with van der Waals surface area (Å²) in [6.45, 7) is 2.91. The van der Waals surface area contributed by atoms with E-state index in [2.05, 4.69) is 16.6 Å². The molecule has 0 heterocycles. The van der Waals surface area contributed by atoms with Gasteiger partial charge in [-0.2, -0.15) is 0 Å². The van der Waals surface area contributed by atoms with Crippen LogP contribution in [0.3, 0.4) is 0 Å². The van der Waals surface area contributed by atoms with Crippen molar-refractivity contribution in [3.05, 3.63) is 0 Å². The molecule has 88 valence electrons. The second-order valence-electron chi connectivity index (χ2n) is 3.68. The van der Waals surface area contributed by atoms with Crippen LogP contribution >= 0.6 is 12.2 Å². The van der Waals surface area contributed by atoms with Crippen LogP contribution in [0.1, 0.15) is 26.2 Å². The lowest BCUT2D eigenvalue weighted by atomic mass is 10.2. The van der Waals surface area contributed by atoms with Gasteiger partial charge in [-0.05, 0) is 26.9 Å². The number of thiocarbonyl (C=S) groups is 1. The van der Waals surface area contributed by atoms with Crippen molar-refractivity contribution >= 4 is 23.2 Å². The van der Waals surface area contributed by atoms with Gasteiger partial charge >= 0.3 is 5.97 Å². The molecule has 0 rings (SSSR count). The summed E-state index contributed by atoms with van der Waals surface area (Å²) in [4.78, 5) is 13.5. The number of nitrogens with two attached hydrogens (primary N) is 1. The molecule has 0 aliphatic rings. The third kappa shape index (κ3) is 7.27. The maximum absolute atomic E-state index is 10.9. The molecule has 0 aromatic carbocycles. The fourth-order valence-electron chi connectivity index (χ4n) is 1.24. The van der Waals surface area contributed by atoms with Gasteiger partial charge in [-0.25, -0.2) is 0 Å². The van der Waals surface area contributed by atoms with Gasteiger partial charge in [-0.1, -0.05) is 12.2 Å². The lowest BCUT2D eigenvalue weighted by Gasteiger charge is -2.23. The highest BCUT2D eigenvalue weighted by Crippen LogP contribution is 2.03. The molecule has 15 heavy (non-hydrogen) atoms. The Morgan fingerprint density at radius 2 is 2.20 bits per heavy atom. The molecule has 0 radical (unpaired) electrons. The molecule has 0 aromatic rings. The van der Waals surface area contributed by atoms with Crippen LogP contribution in [-0.2, 0) is 9.53 Å². The molecule has 0 spiro atoms. The number of nitrogens with zero attached hydrogens (tertiary/aromatic N) is 1. The fraction of sp³-hybridized carbons (Fsp3) is 0.800. The van der Waals surface area contributed by atoms with Gasteiger partial charge in [-0.15, -0.1) is 0 Å². The van der Waals surface area contributed by atoms with Gasteiger partial charge in [0.2, 0.25) is 0 Å². The van der Waals surface area contributed by atoms with Crippen molar-refractivity contribution in [2.75, 3.05) is 20.7 Å². The Morgan fingerprint density at radius 1 is 1.60 bits per heavy atom. The van der Waals surface area contributed by atoms with Crippen LogP contribution in [0.25, 0.3) is 0 Å². The van der Waals surface area contributed by atoms with Crippen molar-refractivity contribution in [1.82, 2.24) is 4.90 Å². The molecule has 2 N–H and O–H groups in total. The molecule has 0 aromatic heterocycles. The fourth-order valence-corrected chi connectivity index (χ4v) is 1.48. The quantitative estimate of drug-likeness (QED) is 0.523. The Labute approximate surface area is 96.8 Å². The summed E-state index contributed by atoms with van der Waals surface area (Å²) in [5, 5.41) is 0. The molecular weight excluding hydrogens is 212 g/mol. The molecule has 0 amide bonds. The van der Waals surface area contributed by atoms with Crippen LogP contribution in [0, 0.1) is 0 Å². The Kier molecular flexibility index (Phi) is 7.25. The number of hydrogen-bond donors (Lipinski definition) is 1. The second-order valence-corrected chi connectivity index (χ2v) is 4.20. The minimum absolute atomic E-state index is 0.162. The van der Waals surface area contributed by atoms with Crippen molar-refractivity contribution in [1.29, 1.82) is 0 Å². The van der Waals surface area contributed by atoms with Crippen LogP contribution in [0.5, 0.6) is 0 Å². The summed E-state index contributed by atoms with van der Waals surface area (Å²) in [6.07, 6.45) is 1.97. The van der Waals surface area contributed by atoms with E-state index in [1.807, 2.05) is 7.05 Å². The first-order valence-electron chi connectivity index (χ1n) is 5.02. The van der Waals surface area contributed by atoms with E-state index < -0.39 is 0 Å². The van der Waals surface area contributed by atoms with Gasteiger partial charge in [-0.3, -0.25) is 4.79 Å². The summed E-state index contributed by atoms with van der Waals surface area (Å²) < 4.78 is 4.56. The van der Waals surface area contributed by atoms with E-state index in [0.29, 0.717) is 23.9 Å². The van der Waals surface area contributed by atoms with E-state index in [1.165, 1.54) is 7.11 Å². The Balaban J connectivity index is 3.68. The van der Waals surface area contributed by atoms with Gasteiger partial charge in [0.1, 0.15) is 0 Å². The largest absolute Gasteiger partial charge is 0.469 e. The number of hydrogen-bond acceptors (Lipinski definition) is 4. The first kappa shape index (κ1) is 14.3. The van der Waals surface area contributed by atoms with E-state index in [0.717, 1.165) is 13.0 Å². The van der Waals surface area contributed by atoms with Crippen molar-refractivity contribution in [2.24, 2.45) is 5.73 Å². The van der Waals surface area contributed by atoms with E-state index in [9.17, 15) is 4.79 Å². The lowest BCUT2D eigenvalue weighted by molar-refractivity contribution is -0.140. The number of esters is 1. The van der Waals surface area contributed by atoms with E-state index in [1.54, 1.807) is 0 Å². The zero-order chi connectivity index (χ0) is 11.8. The number of rotatable bonds is 7. The molecule has 0 saturated heterocycles. The van der Waals surface area contributed by atoms with Crippen molar-refractivity contribution in [3.63, 3.8) is 0 Å². The lowest BCUT2D eigenvalue weighted by Crippen LogP contribution is -2.33. The zero-order valence-corrected chi connectivity index (χ0v) is 10.5. The van der Waals surface area contributed by atoms with Gasteiger partial charge < -0.3 is 15.4 Å². The highest BCUT2D eigenvalue weighted by atomic mass is 32.1. The van der Waals surface area contributed by atoms with E-state index in [-0.39, 0.29) is 5.97 Å². The second kappa shape index (κ2) is 7.59. The maximum atomic E-state index is 10.9. The molecule has 1 atom stereocenters. The van der Waals surface area contributed by atoms with Crippen LogP contribution in [0.4, 0.5) is 0 Å². The summed E-state index contributed by atoms with van der Waals surface area (Å²) in [6, 6.07) is 0.320. The standard InChI is InChI=1S/C10H20N2O2S/c1-8(7-9(11)15)12(2)6-4-5-10(13)14-3/h8H,4-7H2,1-3H3,(H2,11,15). The highest BCUT2D eigenvalue weighted by molar-refractivity contribution is 7.80. The monoisotopic (exact) mass is 232 g/mol. The number of carbonyl (C=O) groups is 1. The summed E-state index contributed by atoms with van der Waals surface area (Å²) in [7, 11) is 3.40. The van der Waals surface area contributed by atoms with Gasteiger partial charge in [0.15, 0.2) is 0 Å². The minimum atomic E-state index is -0.162. The number of methoxy groups -OCH3 is 1. The molecular formula is C10H20N2O2S. The van der Waals surface area contributed by atoms with E-state index in [4.69, 9.17) is 18.0 Å². The third-order valence-corrected chi connectivity index (χ3v) is 2.54. The van der Waals surface area contributed by atoms with E-state index >= 15 is 0 Å². The Bertz CT molecular complexity index is 221. The predicted octanol–water partition coefficient (Wildman–Crippen LogP) is 0.936. The normalized spacial score (nSPS) is 12.5. The van der Waals surface area contributed by atoms with Gasteiger partial charge in [0.25, 0.3) is 0 Å². The van der Waals surface area contributed by atoms with Crippen LogP contribution in [0.15, 0.2) is 0 Å². The molecule has 0 saturated carbocycles. The third-order valence-electron chi connectivity index (χ3n) is 2.37. The summed E-state index contributed by atoms with van der Waals surface area (Å²) >= 11 is 4.84. The smallest absolute Gasteiger partial charge is 0.305 e. The molecule has 4 nitrogen and oxygen atoms in total. The topological polar surface area (TPSA) is 55.6 Å². The van der Waals surface area contributed by atoms with Crippen molar-refractivity contribution in [2.45, 2.75) is 32.2 Å². The van der Waals surface area contributed by atoms with Crippen LogP contribution in [-0.4, -0.2) is 42.6 Å². The maximum Gasteiger partial charge on any atom is 0.305 e. The zero-order valence-electron chi connectivity index (χ0n) is 9.66. The van der Waals surface area contributed by atoms with Crippen molar-refractivity contribution < 1.29 is 9.53 Å². The van der Waals surface area contributed by atoms with Gasteiger partial charge in [0, 0.05) is 18.9 Å². The SMILES string of the molecule is COC(=O)CCCN(C)C(C)CC(N)=S. The first-order valence-corrected chi connectivity index (χ1v) is 5.43. The number of ether oxygens (including phenoxy) is 1. The van der Waals surface area contributed by atoms with Gasteiger partial charge in [0.05, 0.1) is 12.1 Å². The molecule has 5 heteroatoms. The molecule has 0 fully saturated rings. The molecule has 0 bridgehead atoms. The molecule has 0 aliphatic heterocycles. The summed E-state index contributed by atoms with van der Waals surface area (Å²) in [5.41, 5.74) is 5.46. The average molecular weight is 232 g/mol. The minimum Gasteiger partial charge on any atom is -0.469 e. The average Bonchev–Trinajstić information content (AvgIpc) is 2.16. The highest BCUT2D eigenvalue weighted by Gasteiger charge is 2.10. The Morgan fingerprint density at radius 3 is 2.67 bits per heavy atom. The Hall–Kier alpha value is -0.680. The predicted molar refractivity (Wildman–Crippen MR) is 64.7 cm³/mol. The molecule has 0 aliphatic carbocycles. The van der Waals surface area contributed by atoms with Crippen LogP contribution < -0.4 is 5.73 Å². The van der Waals surface area contributed by atoms with Crippen molar-refractivity contribution in [3.8, 4) is 0 Å². The number of carbonyl (C=O) groups excluding carboxylic acids is 1. The first-order chi connectivity index (χ1) is 6.97. The molecule has 1 unspecified atom stereocenters. The van der Waals surface area contributed by atoms with Crippen LogP contribution in [0.2, 0.25) is 0 Å².